The minimum Gasteiger partial charge on any atom is -0.465 e. The number of hydrogen-bond acceptors (Lipinski definition) is 3. The van der Waals surface area contributed by atoms with Crippen molar-refractivity contribution in [3.8, 4) is 0 Å². The van der Waals surface area contributed by atoms with Crippen LogP contribution < -0.4 is 5.32 Å². The number of methoxy groups -OCH3 is 1. The Balaban J connectivity index is 1.62. The first kappa shape index (κ1) is 17.8. The van der Waals surface area contributed by atoms with E-state index in [0.717, 1.165) is 19.3 Å². The molecular weight excluding hydrogens is 350 g/mol. The van der Waals surface area contributed by atoms with Crippen molar-refractivity contribution in [1.29, 1.82) is 0 Å². The number of carbonyl (C=O) groups excluding carboxylic acids is 2. The molecule has 26 heavy (non-hydrogen) atoms. The van der Waals surface area contributed by atoms with E-state index >= 15 is 0 Å². The van der Waals surface area contributed by atoms with E-state index in [9.17, 15) is 9.59 Å². The molecule has 0 radical (unpaired) electrons. The predicted molar refractivity (Wildman–Crippen MR) is 101 cm³/mol. The second-order valence-electron chi connectivity index (χ2n) is 9.55. The van der Waals surface area contributed by atoms with Gasteiger partial charge in [-0.2, -0.15) is 0 Å². The highest BCUT2D eigenvalue weighted by atomic mass is 35.5. The van der Waals surface area contributed by atoms with Crippen molar-refractivity contribution in [3.05, 3.63) is 28.8 Å². The van der Waals surface area contributed by atoms with Gasteiger partial charge in [0.1, 0.15) is 0 Å². The SMILES string of the molecule is COC(=O)c1ccc(Cl)c(NC(=O)C23CC4CC(C)(CC(C)(C4)C2)C3)c1. The maximum absolute atomic E-state index is 13.4. The van der Waals surface area contributed by atoms with Gasteiger partial charge in [-0.15, -0.1) is 0 Å². The monoisotopic (exact) mass is 375 g/mol. The van der Waals surface area contributed by atoms with Gasteiger partial charge in [-0.25, -0.2) is 4.79 Å². The Hall–Kier alpha value is -1.55. The summed E-state index contributed by atoms with van der Waals surface area (Å²) in [6.07, 6.45) is 6.59. The van der Waals surface area contributed by atoms with Crippen molar-refractivity contribution in [3.63, 3.8) is 0 Å². The summed E-state index contributed by atoms with van der Waals surface area (Å²) in [7, 11) is 1.34. The molecule has 1 amide bonds. The summed E-state index contributed by atoms with van der Waals surface area (Å²) in [4.78, 5) is 25.2. The fourth-order valence-electron chi connectivity index (χ4n) is 6.82. The highest BCUT2D eigenvalue weighted by Crippen LogP contribution is 2.69. The Morgan fingerprint density at radius 2 is 1.77 bits per heavy atom. The average molecular weight is 376 g/mol. The van der Waals surface area contributed by atoms with Gasteiger partial charge < -0.3 is 10.1 Å². The van der Waals surface area contributed by atoms with E-state index in [1.54, 1.807) is 18.2 Å². The van der Waals surface area contributed by atoms with Crippen LogP contribution in [0, 0.1) is 22.2 Å². The van der Waals surface area contributed by atoms with Gasteiger partial charge in [-0.1, -0.05) is 25.4 Å². The summed E-state index contributed by atoms with van der Waals surface area (Å²) in [5.41, 5.74) is 1.10. The zero-order valence-corrected chi connectivity index (χ0v) is 16.4. The topological polar surface area (TPSA) is 55.4 Å². The van der Waals surface area contributed by atoms with Gasteiger partial charge in [0.25, 0.3) is 0 Å². The molecule has 2 atom stereocenters. The van der Waals surface area contributed by atoms with E-state index in [-0.39, 0.29) is 22.2 Å². The fourth-order valence-corrected chi connectivity index (χ4v) is 6.99. The molecule has 4 aliphatic carbocycles. The van der Waals surface area contributed by atoms with Crippen LogP contribution in [0.2, 0.25) is 5.02 Å². The van der Waals surface area contributed by atoms with Gasteiger partial charge in [0.05, 0.1) is 28.8 Å². The van der Waals surface area contributed by atoms with E-state index in [0.29, 0.717) is 22.2 Å². The number of carbonyl (C=O) groups is 2. The molecule has 1 aromatic carbocycles. The lowest BCUT2D eigenvalue weighted by molar-refractivity contribution is -0.165. The van der Waals surface area contributed by atoms with Crippen molar-refractivity contribution in [2.75, 3.05) is 12.4 Å². The number of rotatable bonds is 3. The third kappa shape index (κ3) is 2.83. The van der Waals surface area contributed by atoms with Gasteiger partial charge in [0, 0.05) is 0 Å². The molecule has 4 nitrogen and oxygen atoms in total. The Morgan fingerprint density at radius 1 is 1.12 bits per heavy atom. The molecule has 5 heteroatoms. The number of benzene rings is 1. The van der Waals surface area contributed by atoms with Gasteiger partial charge in [0.15, 0.2) is 0 Å². The molecule has 4 fully saturated rings. The Morgan fingerprint density at radius 3 is 2.35 bits per heavy atom. The van der Waals surface area contributed by atoms with Crippen LogP contribution in [0.1, 0.15) is 62.7 Å². The van der Waals surface area contributed by atoms with Crippen molar-refractivity contribution in [1.82, 2.24) is 0 Å². The van der Waals surface area contributed by atoms with Gasteiger partial charge in [-0.05, 0) is 73.5 Å². The van der Waals surface area contributed by atoms with E-state index < -0.39 is 5.97 Å². The van der Waals surface area contributed by atoms with Crippen LogP contribution in [0.15, 0.2) is 18.2 Å². The molecule has 4 aliphatic rings. The summed E-state index contributed by atoms with van der Waals surface area (Å²) in [5.74, 6) is 0.263. The smallest absolute Gasteiger partial charge is 0.337 e. The zero-order chi connectivity index (χ0) is 18.7. The van der Waals surface area contributed by atoms with Gasteiger partial charge in [-0.3, -0.25) is 4.79 Å². The minimum absolute atomic E-state index is 0.0583. The molecule has 1 N–H and O–H groups in total. The normalized spacial score (nSPS) is 37.5. The van der Waals surface area contributed by atoms with Crippen LogP contribution in [-0.2, 0) is 9.53 Å². The molecular formula is C21H26ClNO3. The van der Waals surface area contributed by atoms with Crippen LogP contribution in [0.25, 0.3) is 0 Å². The lowest BCUT2D eigenvalue weighted by atomic mass is 9.40. The van der Waals surface area contributed by atoms with Crippen LogP contribution in [0.3, 0.4) is 0 Å². The molecule has 4 saturated carbocycles. The van der Waals surface area contributed by atoms with E-state index in [2.05, 4.69) is 19.2 Å². The van der Waals surface area contributed by atoms with Gasteiger partial charge >= 0.3 is 5.97 Å². The average Bonchev–Trinajstić information content (AvgIpc) is 2.52. The van der Waals surface area contributed by atoms with E-state index in [1.165, 1.54) is 26.4 Å². The summed E-state index contributed by atoms with van der Waals surface area (Å²) in [6.45, 7) is 4.70. The van der Waals surface area contributed by atoms with Crippen LogP contribution in [0.4, 0.5) is 5.69 Å². The number of ether oxygens (including phenoxy) is 1. The molecule has 0 saturated heterocycles. The number of halogens is 1. The second-order valence-corrected chi connectivity index (χ2v) is 9.96. The lowest BCUT2D eigenvalue weighted by Gasteiger charge is -2.64. The number of anilines is 1. The molecule has 2 unspecified atom stereocenters. The summed E-state index contributed by atoms with van der Waals surface area (Å²) < 4.78 is 4.77. The van der Waals surface area contributed by atoms with Crippen LogP contribution in [0.5, 0.6) is 0 Å². The molecule has 0 heterocycles. The van der Waals surface area contributed by atoms with Gasteiger partial charge in [0.2, 0.25) is 5.91 Å². The van der Waals surface area contributed by atoms with E-state index in [1.807, 2.05) is 0 Å². The van der Waals surface area contributed by atoms with Crippen molar-refractivity contribution in [2.45, 2.75) is 52.4 Å². The number of hydrogen-bond donors (Lipinski definition) is 1. The molecule has 0 aliphatic heterocycles. The summed E-state index contributed by atoms with van der Waals surface area (Å²) >= 11 is 6.28. The molecule has 0 spiro atoms. The van der Waals surface area contributed by atoms with Crippen molar-refractivity contribution in [2.24, 2.45) is 22.2 Å². The van der Waals surface area contributed by atoms with E-state index in [4.69, 9.17) is 16.3 Å². The third-order valence-corrected chi connectivity index (χ3v) is 7.07. The molecule has 4 bridgehead atoms. The van der Waals surface area contributed by atoms with Crippen molar-refractivity contribution >= 4 is 29.2 Å². The highest BCUT2D eigenvalue weighted by Gasteiger charge is 2.62. The summed E-state index contributed by atoms with van der Waals surface area (Å²) in [6, 6.07) is 4.85. The summed E-state index contributed by atoms with van der Waals surface area (Å²) in [5, 5.41) is 3.48. The maximum atomic E-state index is 13.4. The van der Waals surface area contributed by atoms with Crippen LogP contribution >= 0.6 is 11.6 Å². The molecule has 1 aromatic rings. The third-order valence-electron chi connectivity index (χ3n) is 6.74. The van der Waals surface area contributed by atoms with Crippen LogP contribution in [-0.4, -0.2) is 19.0 Å². The zero-order valence-electron chi connectivity index (χ0n) is 15.7. The maximum Gasteiger partial charge on any atom is 0.337 e. The highest BCUT2D eigenvalue weighted by molar-refractivity contribution is 6.34. The standard InChI is InChI=1S/C21H26ClNO3/c1-19-7-13-8-20(2,10-19)12-21(9-13,11-19)18(25)23-16-6-14(17(24)26-3)4-5-15(16)22/h4-6,13H,7-12H2,1-3H3,(H,23,25). The number of nitrogens with one attached hydrogen (secondary N) is 1. The first-order valence-electron chi connectivity index (χ1n) is 9.35. The first-order valence-corrected chi connectivity index (χ1v) is 9.73. The Bertz CT molecular complexity index is 771. The fraction of sp³-hybridized carbons (Fsp3) is 0.619. The minimum atomic E-state index is -0.438. The number of esters is 1. The van der Waals surface area contributed by atoms with Crippen molar-refractivity contribution < 1.29 is 14.3 Å². The molecule has 140 valence electrons. The Labute approximate surface area is 159 Å². The number of amides is 1. The molecule has 0 aromatic heterocycles. The largest absolute Gasteiger partial charge is 0.465 e. The lowest BCUT2D eigenvalue weighted by Crippen LogP contribution is -2.58. The first-order chi connectivity index (χ1) is 12.2. The Kier molecular flexibility index (Phi) is 3.93. The quantitative estimate of drug-likeness (QED) is 0.751. The predicted octanol–water partition coefficient (Wildman–Crippen LogP) is 5.06. The molecule has 5 rings (SSSR count). The second kappa shape index (κ2) is 5.72.